The monoisotopic (exact) mass is 284 g/mol. The molecular weight excluding hydrogens is 264 g/mol. The van der Waals surface area contributed by atoms with E-state index in [4.69, 9.17) is 5.11 Å². The molecule has 5 nitrogen and oxygen atoms in total. The Morgan fingerprint density at radius 1 is 1.32 bits per heavy atom. The van der Waals surface area contributed by atoms with Crippen molar-refractivity contribution in [3.05, 3.63) is 12.2 Å². The SMILES string of the molecule is O=C(CSC1CCNCC1)NC1C=CC(C(=O)O)C1. The van der Waals surface area contributed by atoms with Gasteiger partial charge in [0.05, 0.1) is 11.7 Å². The molecule has 0 bridgehead atoms. The van der Waals surface area contributed by atoms with Crippen LogP contribution >= 0.6 is 11.8 Å². The number of rotatable bonds is 5. The number of carboxylic acids is 1. The van der Waals surface area contributed by atoms with Gasteiger partial charge in [-0.1, -0.05) is 12.2 Å². The summed E-state index contributed by atoms with van der Waals surface area (Å²) < 4.78 is 0. The van der Waals surface area contributed by atoms with Gasteiger partial charge in [-0.15, -0.1) is 11.8 Å². The van der Waals surface area contributed by atoms with Crippen LogP contribution in [0.25, 0.3) is 0 Å². The molecule has 106 valence electrons. The van der Waals surface area contributed by atoms with Crippen molar-refractivity contribution >= 4 is 23.6 Å². The molecule has 1 amide bonds. The summed E-state index contributed by atoms with van der Waals surface area (Å²) in [5.41, 5.74) is 0. The van der Waals surface area contributed by atoms with E-state index in [9.17, 15) is 9.59 Å². The van der Waals surface area contributed by atoms with Gasteiger partial charge in [-0.25, -0.2) is 0 Å². The fourth-order valence-corrected chi connectivity index (χ4v) is 3.43. The number of carbonyl (C=O) groups excluding carboxylic acids is 1. The molecule has 1 saturated heterocycles. The Kier molecular flexibility index (Phi) is 5.27. The van der Waals surface area contributed by atoms with E-state index in [0.717, 1.165) is 25.9 Å². The molecule has 1 heterocycles. The van der Waals surface area contributed by atoms with Crippen molar-refractivity contribution in [1.82, 2.24) is 10.6 Å². The molecule has 0 aromatic rings. The maximum absolute atomic E-state index is 11.8. The highest BCUT2D eigenvalue weighted by atomic mass is 32.2. The van der Waals surface area contributed by atoms with Crippen molar-refractivity contribution in [3.8, 4) is 0 Å². The van der Waals surface area contributed by atoms with Crippen LogP contribution in [0.3, 0.4) is 0 Å². The second-order valence-electron chi connectivity index (χ2n) is 5.00. The van der Waals surface area contributed by atoms with Gasteiger partial charge in [0.1, 0.15) is 0 Å². The van der Waals surface area contributed by atoms with Crippen molar-refractivity contribution in [3.63, 3.8) is 0 Å². The van der Waals surface area contributed by atoms with Crippen LogP contribution in [0.4, 0.5) is 0 Å². The van der Waals surface area contributed by atoms with E-state index in [2.05, 4.69) is 10.6 Å². The molecule has 0 saturated carbocycles. The number of hydrogen-bond acceptors (Lipinski definition) is 4. The number of amides is 1. The lowest BCUT2D eigenvalue weighted by molar-refractivity contribution is -0.140. The van der Waals surface area contributed by atoms with Crippen LogP contribution in [0.2, 0.25) is 0 Å². The molecule has 2 aliphatic rings. The number of piperidine rings is 1. The molecule has 0 aromatic heterocycles. The Balaban J connectivity index is 1.65. The molecule has 2 atom stereocenters. The van der Waals surface area contributed by atoms with E-state index in [1.165, 1.54) is 0 Å². The Morgan fingerprint density at radius 2 is 2.05 bits per heavy atom. The Labute approximate surface area is 117 Å². The first kappa shape index (κ1) is 14.4. The molecule has 2 unspecified atom stereocenters. The van der Waals surface area contributed by atoms with Gasteiger partial charge >= 0.3 is 5.97 Å². The maximum Gasteiger partial charge on any atom is 0.310 e. The fourth-order valence-electron chi connectivity index (χ4n) is 2.39. The van der Waals surface area contributed by atoms with Crippen molar-refractivity contribution in [2.24, 2.45) is 5.92 Å². The Hall–Kier alpha value is -1.01. The largest absolute Gasteiger partial charge is 0.481 e. The number of carboxylic acid groups (broad SMARTS) is 1. The first-order valence-electron chi connectivity index (χ1n) is 6.68. The quantitative estimate of drug-likeness (QED) is 0.645. The van der Waals surface area contributed by atoms with Crippen molar-refractivity contribution in [1.29, 1.82) is 0 Å². The summed E-state index contributed by atoms with van der Waals surface area (Å²) in [6, 6.07) is -0.123. The predicted molar refractivity (Wildman–Crippen MR) is 75.2 cm³/mol. The van der Waals surface area contributed by atoms with Crippen LogP contribution in [0.1, 0.15) is 19.3 Å². The van der Waals surface area contributed by atoms with E-state index in [1.807, 2.05) is 0 Å². The second kappa shape index (κ2) is 6.96. The molecule has 1 fully saturated rings. The zero-order valence-electron chi connectivity index (χ0n) is 10.8. The fraction of sp³-hybridized carbons (Fsp3) is 0.692. The van der Waals surface area contributed by atoms with E-state index >= 15 is 0 Å². The standard InChI is InChI=1S/C13H20N2O3S/c16-12(8-19-11-3-5-14-6-4-11)15-10-2-1-9(7-10)13(17)18/h1-2,9-11,14H,3-8H2,(H,15,16)(H,17,18). The molecule has 2 rings (SSSR count). The Morgan fingerprint density at radius 3 is 2.68 bits per heavy atom. The number of aliphatic carboxylic acids is 1. The summed E-state index contributed by atoms with van der Waals surface area (Å²) >= 11 is 1.70. The van der Waals surface area contributed by atoms with Crippen LogP contribution in [0, 0.1) is 5.92 Å². The Bertz CT molecular complexity index is 367. The third-order valence-corrected chi connectivity index (χ3v) is 4.86. The summed E-state index contributed by atoms with van der Waals surface area (Å²) in [4.78, 5) is 22.6. The van der Waals surface area contributed by atoms with Crippen LogP contribution in [-0.4, -0.2) is 47.1 Å². The molecule has 6 heteroatoms. The van der Waals surface area contributed by atoms with Gasteiger partial charge in [-0.05, 0) is 32.4 Å². The summed E-state index contributed by atoms with van der Waals surface area (Å²) in [6.45, 7) is 2.07. The van der Waals surface area contributed by atoms with Crippen molar-refractivity contribution < 1.29 is 14.7 Å². The zero-order valence-corrected chi connectivity index (χ0v) is 11.6. The van der Waals surface area contributed by atoms with Crippen LogP contribution in [0.5, 0.6) is 0 Å². The maximum atomic E-state index is 11.8. The predicted octanol–water partition coefficient (Wildman–Crippen LogP) is 0.617. The molecule has 0 aromatic carbocycles. The smallest absolute Gasteiger partial charge is 0.310 e. The van der Waals surface area contributed by atoms with E-state index in [1.54, 1.807) is 23.9 Å². The minimum Gasteiger partial charge on any atom is -0.481 e. The minimum absolute atomic E-state index is 0.00391. The molecule has 1 aliphatic heterocycles. The minimum atomic E-state index is -0.822. The zero-order chi connectivity index (χ0) is 13.7. The van der Waals surface area contributed by atoms with Gasteiger partial charge in [-0.2, -0.15) is 0 Å². The van der Waals surface area contributed by atoms with Gasteiger partial charge in [0.25, 0.3) is 0 Å². The average Bonchev–Trinajstić information content (AvgIpc) is 2.86. The van der Waals surface area contributed by atoms with Gasteiger partial charge in [0.15, 0.2) is 0 Å². The van der Waals surface area contributed by atoms with Crippen molar-refractivity contribution in [2.75, 3.05) is 18.8 Å². The average molecular weight is 284 g/mol. The van der Waals surface area contributed by atoms with Gasteiger partial charge < -0.3 is 15.7 Å². The van der Waals surface area contributed by atoms with Crippen LogP contribution in [0.15, 0.2) is 12.2 Å². The summed E-state index contributed by atoms with van der Waals surface area (Å²) in [6.07, 6.45) is 6.14. The highest BCUT2D eigenvalue weighted by Crippen LogP contribution is 2.21. The molecule has 0 spiro atoms. The second-order valence-corrected chi connectivity index (χ2v) is 6.29. The summed E-state index contributed by atoms with van der Waals surface area (Å²) in [7, 11) is 0. The first-order valence-corrected chi connectivity index (χ1v) is 7.73. The van der Waals surface area contributed by atoms with Crippen LogP contribution < -0.4 is 10.6 Å². The summed E-state index contributed by atoms with van der Waals surface area (Å²) in [5, 5.41) is 15.6. The molecule has 19 heavy (non-hydrogen) atoms. The van der Waals surface area contributed by atoms with Gasteiger partial charge in [0, 0.05) is 11.3 Å². The molecule has 3 N–H and O–H groups in total. The lowest BCUT2D eigenvalue weighted by Crippen LogP contribution is -2.35. The lowest BCUT2D eigenvalue weighted by atomic mass is 10.1. The lowest BCUT2D eigenvalue weighted by Gasteiger charge is -2.22. The van der Waals surface area contributed by atoms with E-state index in [0.29, 0.717) is 17.4 Å². The number of hydrogen-bond donors (Lipinski definition) is 3. The molecule has 0 radical (unpaired) electrons. The first-order chi connectivity index (χ1) is 9.15. The van der Waals surface area contributed by atoms with E-state index < -0.39 is 11.9 Å². The highest BCUT2D eigenvalue weighted by molar-refractivity contribution is 8.00. The normalized spacial score (nSPS) is 27.4. The summed E-state index contributed by atoms with van der Waals surface area (Å²) in [5.74, 6) is -0.809. The molecule has 1 aliphatic carbocycles. The number of thioether (sulfide) groups is 1. The highest BCUT2D eigenvalue weighted by Gasteiger charge is 2.25. The number of carbonyl (C=O) groups is 2. The third kappa shape index (κ3) is 4.54. The topological polar surface area (TPSA) is 78.4 Å². The van der Waals surface area contributed by atoms with Crippen LogP contribution in [-0.2, 0) is 9.59 Å². The van der Waals surface area contributed by atoms with Crippen molar-refractivity contribution in [2.45, 2.75) is 30.6 Å². The van der Waals surface area contributed by atoms with E-state index in [-0.39, 0.29) is 11.9 Å². The van der Waals surface area contributed by atoms with Gasteiger partial charge in [-0.3, -0.25) is 9.59 Å². The van der Waals surface area contributed by atoms with Gasteiger partial charge in [0.2, 0.25) is 5.91 Å². The number of nitrogens with one attached hydrogen (secondary N) is 2. The molecular formula is C13H20N2O3S. The third-order valence-electron chi connectivity index (χ3n) is 3.48.